The van der Waals surface area contributed by atoms with Gasteiger partial charge in [0, 0.05) is 25.2 Å². The Kier molecular flexibility index (Phi) is 5.60. The van der Waals surface area contributed by atoms with Gasteiger partial charge in [-0.15, -0.1) is 0 Å². The van der Waals surface area contributed by atoms with Crippen LogP contribution in [0.25, 0.3) is 0 Å². The molecule has 4 nitrogen and oxygen atoms in total. The van der Waals surface area contributed by atoms with E-state index in [9.17, 15) is 4.79 Å². The third kappa shape index (κ3) is 3.95. The lowest BCUT2D eigenvalue weighted by Crippen LogP contribution is -2.62. The molecule has 0 aromatic carbocycles. The molecule has 18 heavy (non-hydrogen) atoms. The van der Waals surface area contributed by atoms with Crippen LogP contribution < -0.4 is 5.32 Å². The zero-order valence-corrected chi connectivity index (χ0v) is 12.7. The number of hydrogen-bond acceptors (Lipinski definition) is 3. The van der Waals surface area contributed by atoms with Gasteiger partial charge in [0.15, 0.2) is 0 Å². The van der Waals surface area contributed by atoms with E-state index >= 15 is 0 Å². The SMILES string of the molecule is CC(C)C1CN(C(=O)CN(C)C)C(C(C)C)CN1. The van der Waals surface area contributed by atoms with Crippen LogP contribution in [-0.4, -0.2) is 61.5 Å². The van der Waals surface area contributed by atoms with Crippen LogP contribution in [0.15, 0.2) is 0 Å². The van der Waals surface area contributed by atoms with E-state index in [0.29, 0.717) is 30.5 Å². The second-order valence-corrected chi connectivity index (χ2v) is 6.35. The Morgan fingerprint density at radius 2 is 1.89 bits per heavy atom. The van der Waals surface area contributed by atoms with Crippen molar-refractivity contribution in [2.75, 3.05) is 33.7 Å². The van der Waals surface area contributed by atoms with E-state index in [1.54, 1.807) is 0 Å². The first kappa shape index (κ1) is 15.4. The number of carbonyl (C=O) groups excluding carboxylic acids is 1. The summed E-state index contributed by atoms with van der Waals surface area (Å²) in [6, 6.07) is 0.749. The molecule has 1 fully saturated rings. The number of hydrogen-bond donors (Lipinski definition) is 1. The fraction of sp³-hybridized carbons (Fsp3) is 0.929. The second-order valence-electron chi connectivity index (χ2n) is 6.35. The summed E-state index contributed by atoms with van der Waals surface area (Å²) in [4.78, 5) is 16.4. The van der Waals surface area contributed by atoms with E-state index < -0.39 is 0 Å². The highest BCUT2D eigenvalue weighted by atomic mass is 16.2. The summed E-state index contributed by atoms with van der Waals surface area (Å²) in [5.74, 6) is 1.32. The highest BCUT2D eigenvalue weighted by Gasteiger charge is 2.33. The maximum Gasteiger partial charge on any atom is 0.237 e. The summed E-state index contributed by atoms with van der Waals surface area (Å²) in [5, 5.41) is 3.58. The third-order valence-corrected chi connectivity index (χ3v) is 3.73. The Morgan fingerprint density at radius 1 is 1.28 bits per heavy atom. The van der Waals surface area contributed by atoms with Crippen LogP contribution in [0.3, 0.4) is 0 Å². The Bertz CT molecular complexity index is 276. The van der Waals surface area contributed by atoms with Crippen LogP contribution in [-0.2, 0) is 4.79 Å². The van der Waals surface area contributed by atoms with Gasteiger partial charge < -0.3 is 15.1 Å². The molecule has 1 N–H and O–H groups in total. The molecule has 0 bridgehead atoms. The van der Waals surface area contributed by atoms with Gasteiger partial charge in [0.1, 0.15) is 0 Å². The number of nitrogens with zero attached hydrogens (tertiary/aromatic N) is 2. The lowest BCUT2D eigenvalue weighted by atomic mass is 9.94. The van der Waals surface area contributed by atoms with Gasteiger partial charge in [-0.2, -0.15) is 0 Å². The average molecular weight is 255 g/mol. The molecule has 0 aliphatic carbocycles. The van der Waals surface area contributed by atoms with Crippen LogP contribution in [0.4, 0.5) is 0 Å². The minimum absolute atomic E-state index is 0.255. The van der Waals surface area contributed by atoms with Crippen molar-refractivity contribution in [2.45, 2.75) is 39.8 Å². The Labute approximate surface area is 112 Å². The van der Waals surface area contributed by atoms with Crippen LogP contribution in [0.5, 0.6) is 0 Å². The first-order valence-electron chi connectivity index (χ1n) is 7.00. The third-order valence-electron chi connectivity index (χ3n) is 3.73. The van der Waals surface area contributed by atoms with E-state index in [-0.39, 0.29) is 5.91 Å². The molecule has 0 aromatic rings. The highest BCUT2D eigenvalue weighted by molar-refractivity contribution is 5.78. The normalized spacial score (nSPS) is 25.3. The molecule has 2 unspecified atom stereocenters. The van der Waals surface area contributed by atoms with Crippen molar-refractivity contribution in [3.8, 4) is 0 Å². The van der Waals surface area contributed by atoms with E-state index in [2.05, 4.69) is 37.9 Å². The average Bonchev–Trinajstić information content (AvgIpc) is 2.26. The summed E-state index contributed by atoms with van der Waals surface area (Å²) in [6.07, 6.45) is 0. The van der Waals surface area contributed by atoms with Crippen LogP contribution in [0, 0.1) is 11.8 Å². The van der Waals surface area contributed by atoms with Gasteiger partial charge in [0.2, 0.25) is 5.91 Å². The highest BCUT2D eigenvalue weighted by Crippen LogP contribution is 2.18. The lowest BCUT2D eigenvalue weighted by Gasteiger charge is -2.44. The molecular formula is C14H29N3O. The molecule has 1 heterocycles. The van der Waals surface area contributed by atoms with Crippen molar-refractivity contribution in [1.29, 1.82) is 0 Å². The van der Waals surface area contributed by atoms with Gasteiger partial charge in [0.05, 0.1) is 6.54 Å². The van der Waals surface area contributed by atoms with Gasteiger partial charge in [-0.25, -0.2) is 0 Å². The van der Waals surface area contributed by atoms with Gasteiger partial charge in [-0.3, -0.25) is 4.79 Å². The first-order chi connectivity index (χ1) is 8.32. The maximum atomic E-state index is 12.3. The monoisotopic (exact) mass is 255 g/mol. The number of likely N-dealkylation sites (N-methyl/N-ethyl adjacent to an activating group) is 1. The zero-order chi connectivity index (χ0) is 13.9. The Balaban J connectivity index is 2.74. The fourth-order valence-corrected chi connectivity index (χ4v) is 2.48. The first-order valence-corrected chi connectivity index (χ1v) is 7.00. The largest absolute Gasteiger partial charge is 0.335 e. The Hall–Kier alpha value is -0.610. The van der Waals surface area contributed by atoms with Gasteiger partial charge in [0.25, 0.3) is 0 Å². The molecule has 106 valence electrons. The van der Waals surface area contributed by atoms with Crippen molar-refractivity contribution >= 4 is 5.91 Å². The van der Waals surface area contributed by atoms with Crippen LogP contribution in [0.2, 0.25) is 0 Å². The molecule has 4 heteroatoms. The summed E-state index contributed by atoms with van der Waals surface area (Å²) in [7, 11) is 3.90. The quantitative estimate of drug-likeness (QED) is 0.815. The van der Waals surface area contributed by atoms with E-state index in [4.69, 9.17) is 0 Å². The molecule has 1 saturated heterocycles. The van der Waals surface area contributed by atoms with Crippen molar-refractivity contribution in [3.05, 3.63) is 0 Å². The van der Waals surface area contributed by atoms with E-state index in [1.807, 2.05) is 19.0 Å². The summed E-state index contributed by atoms with van der Waals surface area (Å²) in [5.41, 5.74) is 0. The van der Waals surface area contributed by atoms with Crippen molar-refractivity contribution in [1.82, 2.24) is 15.1 Å². The van der Waals surface area contributed by atoms with E-state index in [0.717, 1.165) is 13.1 Å². The number of piperazine rings is 1. The van der Waals surface area contributed by atoms with Crippen LogP contribution in [0.1, 0.15) is 27.7 Å². The predicted molar refractivity (Wildman–Crippen MR) is 75.5 cm³/mol. The molecule has 1 aliphatic rings. The van der Waals surface area contributed by atoms with Crippen molar-refractivity contribution < 1.29 is 4.79 Å². The lowest BCUT2D eigenvalue weighted by molar-refractivity contribution is -0.137. The van der Waals surface area contributed by atoms with Crippen molar-refractivity contribution in [3.63, 3.8) is 0 Å². The smallest absolute Gasteiger partial charge is 0.237 e. The Morgan fingerprint density at radius 3 is 2.33 bits per heavy atom. The number of amides is 1. The molecule has 0 saturated carbocycles. The molecule has 0 spiro atoms. The topological polar surface area (TPSA) is 35.6 Å². The number of nitrogens with one attached hydrogen (secondary N) is 1. The summed E-state index contributed by atoms with van der Waals surface area (Å²) < 4.78 is 0. The van der Waals surface area contributed by atoms with Crippen molar-refractivity contribution in [2.24, 2.45) is 11.8 Å². The van der Waals surface area contributed by atoms with E-state index in [1.165, 1.54) is 0 Å². The predicted octanol–water partition coefficient (Wildman–Crippen LogP) is 1.03. The summed E-state index contributed by atoms with van der Waals surface area (Å²) in [6.45, 7) is 11.1. The molecule has 1 rings (SSSR count). The minimum Gasteiger partial charge on any atom is -0.335 e. The molecule has 1 amide bonds. The van der Waals surface area contributed by atoms with Crippen LogP contribution >= 0.6 is 0 Å². The maximum absolute atomic E-state index is 12.3. The number of rotatable bonds is 4. The molecule has 1 aliphatic heterocycles. The number of carbonyl (C=O) groups is 1. The molecule has 0 aromatic heterocycles. The summed E-state index contributed by atoms with van der Waals surface area (Å²) >= 11 is 0. The van der Waals surface area contributed by atoms with Gasteiger partial charge >= 0.3 is 0 Å². The standard InChI is InChI=1S/C14H29N3O/c1-10(2)12-8-17(14(18)9-16(5)6)13(7-15-12)11(3)4/h10-13,15H,7-9H2,1-6H3. The second kappa shape index (κ2) is 6.53. The molecule has 0 radical (unpaired) electrons. The minimum atomic E-state index is 0.255. The fourth-order valence-electron chi connectivity index (χ4n) is 2.48. The van der Waals surface area contributed by atoms with Gasteiger partial charge in [-0.05, 0) is 25.9 Å². The molecule has 2 atom stereocenters. The van der Waals surface area contributed by atoms with Gasteiger partial charge in [-0.1, -0.05) is 27.7 Å². The zero-order valence-electron chi connectivity index (χ0n) is 12.7. The molecular weight excluding hydrogens is 226 g/mol.